The van der Waals surface area contributed by atoms with Gasteiger partial charge in [0.05, 0.1) is 11.1 Å². The number of nitrogens with one attached hydrogen (secondary N) is 1. The molecule has 10 heteroatoms. The number of nitro groups is 1. The summed E-state index contributed by atoms with van der Waals surface area (Å²) in [7, 11) is 0. The molecule has 0 atom stereocenters. The highest BCUT2D eigenvalue weighted by atomic mass is 16.6. The zero-order valence-corrected chi connectivity index (χ0v) is 17.3. The lowest BCUT2D eigenvalue weighted by molar-refractivity contribution is -0.384. The molecule has 3 aromatic carbocycles. The quantitative estimate of drug-likeness (QED) is 0.192. The van der Waals surface area contributed by atoms with Crippen molar-refractivity contribution in [3.63, 3.8) is 0 Å². The van der Waals surface area contributed by atoms with Crippen LogP contribution in [0.4, 0.5) is 5.69 Å². The van der Waals surface area contributed by atoms with E-state index >= 15 is 0 Å². The molecular formula is C23H17N3O7. The van der Waals surface area contributed by atoms with Gasteiger partial charge in [-0.2, -0.15) is 5.10 Å². The summed E-state index contributed by atoms with van der Waals surface area (Å²) in [4.78, 5) is 46.2. The molecule has 3 aromatic rings. The van der Waals surface area contributed by atoms with Gasteiger partial charge in [-0.3, -0.25) is 19.7 Å². The van der Waals surface area contributed by atoms with Crippen molar-refractivity contribution in [3.8, 4) is 11.5 Å². The van der Waals surface area contributed by atoms with Crippen LogP contribution in [0.25, 0.3) is 0 Å². The van der Waals surface area contributed by atoms with Crippen LogP contribution in [0.3, 0.4) is 0 Å². The van der Waals surface area contributed by atoms with Crippen LogP contribution in [0.5, 0.6) is 11.5 Å². The second kappa shape index (κ2) is 10.4. The zero-order valence-electron chi connectivity index (χ0n) is 17.3. The van der Waals surface area contributed by atoms with Gasteiger partial charge in [-0.05, 0) is 36.4 Å². The van der Waals surface area contributed by atoms with Crippen molar-refractivity contribution in [2.75, 3.05) is 0 Å². The van der Waals surface area contributed by atoms with E-state index in [4.69, 9.17) is 9.47 Å². The number of para-hydroxylation sites is 2. The molecule has 0 saturated heterocycles. The van der Waals surface area contributed by atoms with E-state index in [9.17, 15) is 24.5 Å². The van der Waals surface area contributed by atoms with Gasteiger partial charge >= 0.3 is 11.9 Å². The minimum absolute atomic E-state index is 0.0610. The van der Waals surface area contributed by atoms with Crippen LogP contribution in [0, 0.1) is 10.1 Å². The maximum Gasteiger partial charge on any atom is 0.347 e. The smallest absolute Gasteiger partial charge is 0.347 e. The van der Waals surface area contributed by atoms with Gasteiger partial charge in [0.15, 0.2) is 0 Å². The number of nitro benzene ring substituents is 1. The molecule has 1 N–H and O–H groups in total. The number of amides is 1. The Balaban J connectivity index is 1.71. The molecule has 0 heterocycles. The van der Waals surface area contributed by atoms with E-state index in [1.807, 2.05) is 0 Å². The third kappa shape index (κ3) is 6.07. The molecule has 33 heavy (non-hydrogen) atoms. The van der Waals surface area contributed by atoms with Gasteiger partial charge < -0.3 is 9.47 Å². The van der Waals surface area contributed by atoms with Crippen LogP contribution in [-0.4, -0.2) is 29.0 Å². The average Bonchev–Trinajstić information content (AvgIpc) is 2.80. The lowest BCUT2D eigenvalue weighted by Gasteiger charge is -2.10. The lowest BCUT2D eigenvalue weighted by Crippen LogP contribution is -2.17. The van der Waals surface area contributed by atoms with Crippen molar-refractivity contribution in [2.24, 2.45) is 5.10 Å². The molecule has 0 saturated carbocycles. The van der Waals surface area contributed by atoms with Crippen LogP contribution in [-0.2, 0) is 4.79 Å². The van der Waals surface area contributed by atoms with E-state index in [-0.39, 0.29) is 28.3 Å². The summed E-state index contributed by atoms with van der Waals surface area (Å²) >= 11 is 0. The highest BCUT2D eigenvalue weighted by Gasteiger charge is 2.17. The number of non-ortho nitro benzene ring substituents is 1. The summed E-state index contributed by atoms with van der Waals surface area (Å²) in [6.07, 6.45) is 1.28. The van der Waals surface area contributed by atoms with Gasteiger partial charge in [-0.25, -0.2) is 10.2 Å². The van der Waals surface area contributed by atoms with Crippen LogP contribution >= 0.6 is 0 Å². The number of hydrogen-bond acceptors (Lipinski definition) is 8. The predicted molar refractivity (Wildman–Crippen MR) is 117 cm³/mol. The Kier molecular flexibility index (Phi) is 7.22. The number of hydrazone groups is 1. The predicted octanol–water partition coefficient (Wildman–Crippen LogP) is 3.50. The number of benzene rings is 3. The summed E-state index contributed by atoms with van der Waals surface area (Å²) in [5, 5.41) is 14.6. The Morgan fingerprint density at radius 3 is 2.21 bits per heavy atom. The summed E-state index contributed by atoms with van der Waals surface area (Å²) in [6.45, 7) is 1.22. The molecule has 0 aliphatic rings. The topological polar surface area (TPSA) is 137 Å². The Bertz CT molecular complexity index is 1240. The molecule has 0 radical (unpaired) electrons. The number of hydrogen-bond donors (Lipinski definition) is 1. The molecule has 0 aromatic heterocycles. The Hall–Kier alpha value is -4.86. The van der Waals surface area contributed by atoms with Crippen LogP contribution in [0.1, 0.15) is 33.2 Å². The summed E-state index contributed by atoms with van der Waals surface area (Å²) in [5.74, 6) is -1.68. The molecule has 0 bridgehead atoms. The van der Waals surface area contributed by atoms with E-state index < -0.39 is 22.8 Å². The van der Waals surface area contributed by atoms with Crippen LogP contribution < -0.4 is 14.9 Å². The standard InChI is InChI=1S/C23H17N3O7/c1-15(27)32-21-9-5-3-7-19(21)23(29)33-20-8-4-2-6-17(20)14-24-25-22(28)16-10-12-18(13-11-16)26(30)31/h2-14H,1H3,(H,25,28). The highest BCUT2D eigenvalue weighted by molar-refractivity contribution is 5.97. The molecule has 3 rings (SSSR count). The maximum absolute atomic E-state index is 12.6. The number of ether oxygens (including phenoxy) is 2. The number of carbonyl (C=O) groups is 3. The molecule has 0 spiro atoms. The van der Waals surface area contributed by atoms with Crippen molar-refractivity contribution >= 4 is 29.7 Å². The van der Waals surface area contributed by atoms with Crippen molar-refractivity contribution in [2.45, 2.75) is 6.92 Å². The first-order valence-corrected chi connectivity index (χ1v) is 9.51. The monoisotopic (exact) mass is 447 g/mol. The third-order valence-electron chi connectivity index (χ3n) is 4.19. The first kappa shape index (κ1) is 22.8. The minimum atomic E-state index is -0.748. The Labute approximate surface area is 187 Å². The second-order valence-corrected chi connectivity index (χ2v) is 6.52. The van der Waals surface area contributed by atoms with Gasteiger partial charge in [-0.1, -0.05) is 24.3 Å². The third-order valence-corrected chi connectivity index (χ3v) is 4.19. The molecule has 1 amide bonds. The van der Waals surface area contributed by atoms with Gasteiger partial charge in [0, 0.05) is 30.2 Å². The van der Waals surface area contributed by atoms with E-state index in [1.54, 1.807) is 30.3 Å². The molecule has 0 aliphatic heterocycles. The lowest BCUT2D eigenvalue weighted by atomic mass is 10.2. The Morgan fingerprint density at radius 1 is 0.909 bits per heavy atom. The minimum Gasteiger partial charge on any atom is -0.426 e. The summed E-state index contributed by atoms with van der Waals surface area (Å²) in [6, 6.07) is 17.7. The summed E-state index contributed by atoms with van der Waals surface area (Å²) in [5.41, 5.74) is 2.79. The molecule has 0 aliphatic carbocycles. The maximum atomic E-state index is 12.6. The first-order valence-electron chi connectivity index (χ1n) is 9.51. The number of nitrogens with zero attached hydrogens (tertiary/aromatic N) is 2. The van der Waals surface area contributed by atoms with Gasteiger partial charge in [-0.15, -0.1) is 0 Å². The van der Waals surface area contributed by atoms with Gasteiger partial charge in [0.1, 0.15) is 17.1 Å². The van der Waals surface area contributed by atoms with E-state index in [2.05, 4.69) is 10.5 Å². The van der Waals surface area contributed by atoms with Crippen molar-refractivity contribution in [1.82, 2.24) is 5.43 Å². The molecular weight excluding hydrogens is 430 g/mol. The summed E-state index contributed by atoms with van der Waals surface area (Å²) < 4.78 is 10.5. The number of rotatable bonds is 7. The molecule has 166 valence electrons. The molecule has 10 nitrogen and oxygen atoms in total. The normalized spacial score (nSPS) is 10.5. The average molecular weight is 447 g/mol. The highest BCUT2D eigenvalue weighted by Crippen LogP contribution is 2.23. The van der Waals surface area contributed by atoms with Gasteiger partial charge in [0.25, 0.3) is 11.6 Å². The van der Waals surface area contributed by atoms with E-state index in [0.29, 0.717) is 5.56 Å². The van der Waals surface area contributed by atoms with E-state index in [0.717, 1.165) is 0 Å². The fraction of sp³-hybridized carbons (Fsp3) is 0.0435. The van der Waals surface area contributed by atoms with Crippen LogP contribution in [0.2, 0.25) is 0 Å². The van der Waals surface area contributed by atoms with Gasteiger partial charge in [0.2, 0.25) is 0 Å². The van der Waals surface area contributed by atoms with Crippen molar-refractivity contribution in [3.05, 3.63) is 99.6 Å². The zero-order chi connectivity index (χ0) is 23.8. The molecule has 0 unspecified atom stereocenters. The van der Waals surface area contributed by atoms with Crippen molar-refractivity contribution < 1.29 is 28.8 Å². The fourth-order valence-electron chi connectivity index (χ4n) is 2.67. The van der Waals surface area contributed by atoms with E-state index in [1.165, 1.54) is 55.6 Å². The fourth-order valence-corrected chi connectivity index (χ4v) is 2.67. The number of carbonyl (C=O) groups excluding carboxylic acids is 3. The SMILES string of the molecule is CC(=O)Oc1ccccc1C(=O)Oc1ccccc1C=NNC(=O)c1ccc([N+](=O)[O-])cc1. The second-order valence-electron chi connectivity index (χ2n) is 6.52. The first-order chi connectivity index (χ1) is 15.8. The van der Waals surface area contributed by atoms with Crippen LogP contribution in [0.15, 0.2) is 77.9 Å². The molecule has 0 fully saturated rings. The Morgan fingerprint density at radius 2 is 1.55 bits per heavy atom. The largest absolute Gasteiger partial charge is 0.426 e. The van der Waals surface area contributed by atoms with Crippen molar-refractivity contribution in [1.29, 1.82) is 0 Å². The number of esters is 2.